The zero-order valence-corrected chi connectivity index (χ0v) is 12.3. The molecule has 2 N–H and O–H groups in total. The molecule has 3 rings (SSSR count). The van der Waals surface area contributed by atoms with Crippen LogP contribution in [0.3, 0.4) is 0 Å². The number of anilines is 1. The Labute approximate surface area is 125 Å². The van der Waals surface area contributed by atoms with Crippen LogP contribution in [0.2, 0.25) is 0 Å². The van der Waals surface area contributed by atoms with Gasteiger partial charge in [-0.3, -0.25) is 4.98 Å². The van der Waals surface area contributed by atoms with Crippen molar-refractivity contribution < 1.29 is 4.74 Å². The summed E-state index contributed by atoms with van der Waals surface area (Å²) in [6.45, 7) is 0.495. The molecule has 0 fully saturated rings. The summed E-state index contributed by atoms with van der Waals surface area (Å²) in [4.78, 5) is 4.30. The van der Waals surface area contributed by atoms with E-state index in [4.69, 9.17) is 10.5 Å². The average molecular weight is 329 g/mol. The third kappa shape index (κ3) is 2.47. The van der Waals surface area contributed by atoms with Gasteiger partial charge in [0.2, 0.25) is 0 Å². The minimum absolute atomic E-state index is 0.495. The van der Waals surface area contributed by atoms with E-state index in [9.17, 15) is 0 Å². The molecule has 100 valence electrons. The molecule has 0 radical (unpaired) electrons. The lowest BCUT2D eigenvalue weighted by molar-refractivity contribution is 0.309. The lowest BCUT2D eigenvalue weighted by Gasteiger charge is -2.10. The second-order valence-electron chi connectivity index (χ2n) is 4.43. The third-order valence-electron chi connectivity index (χ3n) is 3.10. The fraction of sp³-hybridized carbons (Fsp3) is 0.0625. The van der Waals surface area contributed by atoms with Crippen LogP contribution >= 0.6 is 15.9 Å². The topological polar surface area (TPSA) is 48.1 Å². The quantitative estimate of drug-likeness (QED) is 0.734. The Morgan fingerprint density at radius 2 is 1.90 bits per heavy atom. The Kier molecular flexibility index (Phi) is 3.56. The number of nitrogens with zero attached hydrogens (tertiary/aromatic N) is 1. The summed E-state index contributed by atoms with van der Waals surface area (Å²) in [5.74, 6) is 0.790. The van der Waals surface area contributed by atoms with Crippen molar-refractivity contribution in [2.45, 2.75) is 6.61 Å². The van der Waals surface area contributed by atoms with Crippen molar-refractivity contribution in [3.63, 3.8) is 0 Å². The Balaban J connectivity index is 1.92. The van der Waals surface area contributed by atoms with Gasteiger partial charge in [-0.25, -0.2) is 0 Å². The monoisotopic (exact) mass is 328 g/mol. The number of rotatable bonds is 3. The van der Waals surface area contributed by atoms with Gasteiger partial charge in [0.05, 0.1) is 11.2 Å². The first-order valence-electron chi connectivity index (χ1n) is 6.25. The first-order valence-corrected chi connectivity index (χ1v) is 7.04. The van der Waals surface area contributed by atoms with E-state index in [1.807, 2.05) is 48.5 Å². The smallest absolute Gasteiger partial charge is 0.130 e. The molecule has 0 saturated carbocycles. The van der Waals surface area contributed by atoms with E-state index in [1.54, 1.807) is 6.20 Å². The molecule has 1 aromatic heterocycles. The summed E-state index contributed by atoms with van der Waals surface area (Å²) < 4.78 is 6.96. The van der Waals surface area contributed by atoms with Crippen LogP contribution in [0.25, 0.3) is 10.9 Å². The summed E-state index contributed by atoms with van der Waals surface area (Å²) >= 11 is 3.52. The molecule has 0 spiro atoms. The number of halogens is 1. The van der Waals surface area contributed by atoms with Crippen LogP contribution in [0, 0.1) is 0 Å². The van der Waals surface area contributed by atoms with Crippen LogP contribution in [0.4, 0.5) is 5.69 Å². The van der Waals surface area contributed by atoms with Crippen LogP contribution in [-0.2, 0) is 6.61 Å². The van der Waals surface area contributed by atoms with Crippen molar-refractivity contribution in [1.29, 1.82) is 0 Å². The fourth-order valence-corrected chi connectivity index (χ4v) is 2.47. The van der Waals surface area contributed by atoms with E-state index in [0.29, 0.717) is 12.3 Å². The van der Waals surface area contributed by atoms with Gasteiger partial charge in [0.25, 0.3) is 0 Å². The number of hydrogen-bond donors (Lipinski definition) is 1. The van der Waals surface area contributed by atoms with Gasteiger partial charge in [0, 0.05) is 21.6 Å². The van der Waals surface area contributed by atoms with Crippen LogP contribution in [-0.4, -0.2) is 4.98 Å². The number of ether oxygens (including phenoxy) is 1. The Morgan fingerprint density at radius 1 is 1.05 bits per heavy atom. The van der Waals surface area contributed by atoms with Gasteiger partial charge in [0.15, 0.2) is 0 Å². The Morgan fingerprint density at radius 3 is 2.75 bits per heavy atom. The minimum Gasteiger partial charge on any atom is -0.488 e. The highest BCUT2D eigenvalue weighted by Crippen LogP contribution is 2.28. The molecule has 0 aliphatic rings. The van der Waals surface area contributed by atoms with Crippen molar-refractivity contribution in [3.8, 4) is 5.75 Å². The number of hydrogen-bond acceptors (Lipinski definition) is 3. The number of nitrogens with two attached hydrogens (primary N) is 1. The van der Waals surface area contributed by atoms with Crippen LogP contribution in [0.15, 0.2) is 59.2 Å². The number of pyridine rings is 1. The van der Waals surface area contributed by atoms with Crippen molar-refractivity contribution >= 4 is 32.5 Å². The molecule has 1 heterocycles. The van der Waals surface area contributed by atoms with E-state index in [1.165, 1.54) is 0 Å². The summed E-state index contributed by atoms with van der Waals surface area (Å²) in [7, 11) is 0. The van der Waals surface area contributed by atoms with Crippen LogP contribution in [0.1, 0.15) is 5.56 Å². The molecule has 0 amide bonds. The van der Waals surface area contributed by atoms with Crippen LogP contribution in [0.5, 0.6) is 5.75 Å². The molecule has 0 aliphatic carbocycles. The number of aromatic nitrogens is 1. The van der Waals surface area contributed by atoms with Gasteiger partial charge in [-0.1, -0.05) is 40.2 Å². The standard InChI is InChI=1S/C16H13BrN2O/c17-13-6-2-1-4-11(13)10-20-15-8-9-19-16-12(15)5-3-7-14(16)18/h1-9H,10,18H2. The maximum Gasteiger partial charge on any atom is 0.130 e. The number of fused-ring (bicyclic) bond motifs is 1. The summed E-state index contributed by atoms with van der Waals surface area (Å²) in [5, 5.41) is 0.930. The average Bonchev–Trinajstić information content (AvgIpc) is 2.47. The summed E-state index contributed by atoms with van der Waals surface area (Å²) in [6.07, 6.45) is 1.72. The lowest BCUT2D eigenvalue weighted by atomic mass is 10.2. The van der Waals surface area contributed by atoms with E-state index < -0.39 is 0 Å². The van der Waals surface area contributed by atoms with E-state index in [0.717, 1.165) is 26.7 Å². The normalized spacial score (nSPS) is 10.7. The second kappa shape index (κ2) is 5.51. The van der Waals surface area contributed by atoms with Gasteiger partial charge in [0.1, 0.15) is 12.4 Å². The molecule has 2 aromatic carbocycles. The maximum absolute atomic E-state index is 5.93. The number of para-hydroxylation sites is 1. The van der Waals surface area contributed by atoms with Crippen LogP contribution < -0.4 is 10.5 Å². The van der Waals surface area contributed by atoms with Gasteiger partial charge in [-0.05, 0) is 24.3 Å². The van der Waals surface area contributed by atoms with E-state index in [-0.39, 0.29) is 0 Å². The molecular formula is C16H13BrN2O. The first kappa shape index (κ1) is 12.9. The maximum atomic E-state index is 5.93. The third-order valence-corrected chi connectivity index (χ3v) is 3.88. The van der Waals surface area contributed by atoms with E-state index >= 15 is 0 Å². The molecule has 0 bridgehead atoms. The molecule has 20 heavy (non-hydrogen) atoms. The number of nitrogen functional groups attached to an aromatic ring is 1. The minimum atomic E-state index is 0.495. The summed E-state index contributed by atoms with van der Waals surface area (Å²) in [6, 6.07) is 15.6. The van der Waals surface area contributed by atoms with Crippen molar-refractivity contribution in [3.05, 3.63) is 64.8 Å². The molecule has 0 unspecified atom stereocenters. The Bertz CT molecular complexity index is 758. The van der Waals surface area contributed by atoms with Gasteiger partial charge < -0.3 is 10.5 Å². The number of benzene rings is 2. The zero-order valence-electron chi connectivity index (χ0n) is 10.7. The van der Waals surface area contributed by atoms with Crippen molar-refractivity contribution in [2.24, 2.45) is 0 Å². The lowest BCUT2D eigenvalue weighted by Crippen LogP contribution is -1.98. The highest BCUT2D eigenvalue weighted by molar-refractivity contribution is 9.10. The first-order chi connectivity index (χ1) is 9.75. The predicted molar refractivity (Wildman–Crippen MR) is 84.6 cm³/mol. The molecule has 4 heteroatoms. The van der Waals surface area contributed by atoms with Gasteiger partial charge in [-0.2, -0.15) is 0 Å². The SMILES string of the molecule is Nc1cccc2c(OCc3ccccc3Br)ccnc12. The summed E-state index contributed by atoms with van der Waals surface area (Å²) in [5.41, 5.74) is 8.47. The molecule has 3 nitrogen and oxygen atoms in total. The molecule has 0 saturated heterocycles. The van der Waals surface area contributed by atoms with E-state index in [2.05, 4.69) is 20.9 Å². The second-order valence-corrected chi connectivity index (χ2v) is 5.29. The fourth-order valence-electron chi connectivity index (χ4n) is 2.07. The van der Waals surface area contributed by atoms with Gasteiger partial charge >= 0.3 is 0 Å². The molecule has 0 aliphatic heterocycles. The highest BCUT2D eigenvalue weighted by Gasteiger charge is 2.06. The van der Waals surface area contributed by atoms with Crippen molar-refractivity contribution in [2.75, 3.05) is 5.73 Å². The molecule has 3 aromatic rings. The molecular weight excluding hydrogens is 316 g/mol. The van der Waals surface area contributed by atoms with Crippen molar-refractivity contribution in [1.82, 2.24) is 4.98 Å². The largest absolute Gasteiger partial charge is 0.488 e. The predicted octanol–water partition coefficient (Wildman–Crippen LogP) is 4.16. The van der Waals surface area contributed by atoms with Gasteiger partial charge in [-0.15, -0.1) is 0 Å². The Hall–Kier alpha value is -2.07. The molecule has 0 atom stereocenters. The zero-order chi connectivity index (χ0) is 13.9. The highest BCUT2D eigenvalue weighted by atomic mass is 79.9.